The lowest BCUT2D eigenvalue weighted by molar-refractivity contribution is -0.122. The zero-order valence-corrected chi connectivity index (χ0v) is 11.8. The molecule has 1 amide bonds. The van der Waals surface area contributed by atoms with Crippen molar-refractivity contribution in [1.82, 2.24) is 5.32 Å². The molecule has 0 aromatic rings. The van der Waals surface area contributed by atoms with E-state index in [-0.39, 0.29) is 5.91 Å². The van der Waals surface area contributed by atoms with E-state index in [9.17, 15) is 4.79 Å². The van der Waals surface area contributed by atoms with Crippen LogP contribution in [0.5, 0.6) is 0 Å². The largest absolute Gasteiger partial charge is 0.353 e. The maximum Gasteiger partial charge on any atom is 0.220 e. The number of nitrogens with two attached hydrogens (primary N) is 1. The third-order valence-corrected chi connectivity index (χ3v) is 3.40. The van der Waals surface area contributed by atoms with Crippen LogP contribution < -0.4 is 11.1 Å². The zero-order chi connectivity index (χ0) is 13.1. The van der Waals surface area contributed by atoms with Gasteiger partial charge in [-0.3, -0.25) is 4.79 Å². The maximum absolute atomic E-state index is 11.7. The number of rotatable bonds is 10. The van der Waals surface area contributed by atoms with E-state index in [0.29, 0.717) is 18.4 Å². The number of nitrogens with one attached hydrogen (secondary N) is 1. The van der Waals surface area contributed by atoms with Crippen LogP contribution in [0.25, 0.3) is 0 Å². The first kappa shape index (κ1) is 16.4. The molecule has 1 unspecified atom stereocenters. The molecule has 17 heavy (non-hydrogen) atoms. The Balaban J connectivity index is 3.86. The number of amides is 1. The predicted octanol–water partition coefficient (Wildman–Crippen LogP) is 2.84. The summed E-state index contributed by atoms with van der Waals surface area (Å²) in [5, 5.41) is 3.09. The van der Waals surface area contributed by atoms with Gasteiger partial charge >= 0.3 is 0 Å². The van der Waals surface area contributed by atoms with Gasteiger partial charge in [0.05, 0.1) is 0 Å². The predicted molar refractivity (Wildman–Crippen MR) is 73.8 cm³/mol. The molecule has 0 aliphatic heterocycles. The fraction of sp³-hybridized carbons (Fsp3) is 0.929. The number of hydrogen-bond donors (Lipinski definition) is 2. The summed E-state index contributed by atoms with van der Waals surface area (Å²) in [6.07, 6.45) is 7.09. The summed E-state index contributed by atoms with van der Waals surface area (Å²) in [5.74, 6) is 0.828. The minimum atomic E-state index is 0.205. The zero-order valence-electron chi connectivity index (χ0n) is 11.8. The van der Waals surface area contributed by atoms with Crippen LogP contribution in [-0.2, 0) is 4.79 Å². The van der Waals surface area contributed by atoms with Crippen LogP contribution in [0.1, 0.15) is 65.7 Å². The van der Waals surface area contributed by atoms with E-state index in [1.54, 1.807) is 0 Å². The highest BCUT2D eigenvalue weighted by atomic mass is 16.1. The van der Waals surface area contributed by atoms with Crippen molar-refractivity contribution in [2.75, 3.05) is 6.54 Å². The van der Waals surface area contributed by atoms with Gasteiger partial charge in [0.2, 0.25) is 5.91 Å². The van der Waals surface area contributed by atoms with Crippen LogP contribution in [0.15, 0.2) is 0 Å². The van der Waals surface area contributed by atoms with Gasteiger partial charge in [-0.2, -0.15) is 0 Å². The molecule has 0 saturated carbocycles. The highest BCUT2D eigenvalue weighted by molar-refractivity contribution is 5.76. The molecule has 3 nitrogen and oxygen atoms in total. The lowest BCUT2D eigenvalue weighted by Gasteiger charge is -2.17. The van der Waals surface area contributed by atoms with Crippen molar-refractivity contribution in [3.8, 4) is 0 Å². The van der Waals surface area contributed by atoms with Gasteiger partial charge < -0.3 is 11.1 Å². The Bertz CT molecular complexity index is 185. The summed E-state index contributed by atoms with van der Waals surface area (Å²) in [6.45, 7) is 7.15. The molecule has 0 heterocycles. The normalized spacial score (nSPS) is 12.8. The Hall–Kier alpha value is -0.570. The Morgan fingerprint density at radius 2 is 1.76 bits per heavy atom. The van der Waals surface area contributed by atoms with Crippen molar-refractivity contribution in [1.29, 1.82) is 0 Å². The number of carbonyl (C=O) groups excluding carboxylic acids is 1. The summed E-state index contributed by atoms with van der Waals surface area (Å²) in [6, 6.07) is 0.349. The Morgan fingerprint density at radius 1 is 1.12 bits per heavy atom. The first-order valence-electron chi connectivity index (χ1n) is 7.17. The van der Waals surface area contributed by atoms with Gasteiger partial charge in [-0.25, -0.2) is 0 Å². The third-order valence-electron chi connectivity index (χ3n) is 3.40. The monoisotopic (exact) mass is 242 g/mol. The van der Waals surface area contributed by atoms with Crippen LogP contribution >= 0.6 is 0 Å². The maximum atomic E-state index is 11.7. The van der Waals surface area contributed by atoms with Crippen molar-refractivity contribution in [2.24, 2.45) is 11.7 Å². The fourth-order valence-electron chi connectivity index (χ4n) is 2.20. The molecule has 0 aromatic heterocycles. The molecule has 0 aromatic carbocycles. The van der Waals surface area contributed by atoms with Gasteiger partial charge in [-0.05, 0) is 38.1 Å². The van der Waals surface area contributed by atoms with Crippen molar-refractivity contribution >= 4 is 5.91 Å². The first-order chi connectivity index (χ1) is 8.17. The highest BCUT2D eigenvalue weighted by Crippen LogP contribution is 2.16. The van der Waals surface area contributed by atoms with Gasteiger partial charge in [0.15, 0.2) is 0 Å². The molecule has 0 aliphatic carbocycles. The van der Waals surface area contributed by atoms with Crippen LogP contribution in [0.3, 0.4) is 0 Å². The molecule has 0 bridgehead atoms. The molecule has 102 valence electrons. The lowest BCUT2D eigenvalue weighted by Crippen LogP contribution is -2.33. The molecule has 0 aliphatic rings. The topological polar surface area (TPSA) is 55.1 Å². The first-order valence-corrected chi connectivity index (χ1v) is 7.17. The number of hydrogen-bond acceptors (Lipinski definition) is 2. The number of carbonyl (C=O) groups is 1. The molecule has 0 saturated heterocycles. The summed E-state index contributed by atoms with van der Waals surface area (Å²) >= 11 is 0. The quantitative estimate of drug-likeness (QED) is 0.619. The Labute approximate surface area is 107 Å². The second-order valence-electron chi connectivity index (χ2n) is 4.85. The minimum Gasteiger partial charge on any atom is -0.353 e. The van der Waals surface area contributed by atoms with Crippen LogP contribution in [0.4, 0.5) is 0 Å². The van der Waals surface area contributed by atoms with Crippen molar-refractivity contribution in [2.45, 2.75) is 71.8 Å². The van der Waals surface area contributed by atoms with Gasteiger partial charge in [0.1, 0.15) is 0 Å². The van der Waals surface area contributed by atoms with Crippen molar-refractivity contribution in [3.63, 3.8) is 0 Å². The molecular weight excluding hydrogens is 212 g/mol. The minimum absolute atomic E-state index is 0.205. The van der Waals surface area contributed by atoms with Crippen LogP contribution in [0, 0.1) is 5.92 Å². The van der Waals surface area contributed by atoms with E-state index in [1.807, 2.05) is 0 Å². The average molecular weight is 242 g/mol. The smallest absolute Gasteiger partial charge is 0.220 e. The molecule has 0 radical (unpaired) electrons. The van der Waals surface area contributed by atoms with E-state index in [0.717, 1.165) is 32.2 Å². The van der Waals surface area contributed by atoms with Gasteiger partial charge in [-0.15, -0.1) is 0 Å². The molecule has 0 rings (SSSR count). The summed E-state index contributed by atoms with van der Waals surface area (Å²) in [4.78, 5) is 11.7. The molecular formula is C14H30N2O. The van der Waals surface area contributed by atoms with E-state index in [1.165, 1.54) is 12.8 Å². The molecule has 3 heteroatoms. The van der Waals surface area contributed by atoms with Gasteiger partial charge in [-0.1, -0.05) is 33.6 Å². The van der Waals surface area contributed by atoms with E-state index < -0.39 is 0 Å². The van der Waals surface area contributed by atoms with E-state index in [4.69, 9.17) is 5.73 Å². The summed E-state index contributed by atoms with van der Waals surface area (Å²) in [5.41, 5.74) is 5.59. The van der Waals surface area contributed by atoms with Crippen LogP contribution in [0.2, 0.25) is 0 Å². The Kier molecular flexibility index (Phi) is 10.2. The lowest BCUT2D eigenvalue weighted by atomic mass is 9.94. The molecule has 0 fully saturated rings. The van der Waals surface area contributed by atoms with Gasteiger partial charge in [0.25, 0.3) is 0 Å². The Morgan fingerprint density at radius 3 is 2.24 bits per heavy atom. The SMILES string of the molecule is CCCC(CCN)CCC(=O)NC(CC)CC. The van der Waals surface area contributed by atoms with Crippen molar-refractivity contribution in [3.05, 3.63) is 0 Å². The molecule has 0 spiro atoms. The third kappa shape index (κ3) is 8.19. The van der Waals surface area contributed by atoms with Crippen LogP contribution in [-0.4, -0.2) is 18.5 Å². The second-order valence-corrected chi connectivity index (χ2v) is 4.85. The standard InChI is InChI=1S/C14H30N2O/c1-4-7-12(10-11-15)8-9-14(17)16-13(5-2)6-3/h12-13H,4-11,15H2,1-3H3,(H,16,17). The summed E-state index contributed by atoms with van der Waals surface area (Å²) in [7, 11) is 0. The average Bonchev–Trinajstić information content (AvgIpc) is 2.33. The van der Waals surface area contributed by atoms with E-state index in [2.05, 4.69) is 26.1 Å². The van der Waals surface area contributed by atoms with E-state index >= 15 is 0 Å². The van der Waals surface area contributed by atoms with Crippen molar-refractivity contribution < 1.29 is 4.79 Å². The summed E-state index contributed by atoms with van der Waals surface area (Å²) < 4.78 is 0. The molecule has 3 N–H and O–H groups in total. The molecule has 1 atom stereocenters. The fourth-order valence-corrected chi connectivity index (χ4v) is 2.20. The highest BCUT2D eigenvalue weighted by Gasteiger charge is 2.12. The van der Waals surface area contributed by atoms with Gasteiger partial charge in [0, 0.05) is 12.5 Å². The second kappa shape index (κ2) is 10.6.